The van der Waals surface area contributed by atoms with Crippen LogP contribution in [-0.2, 0) is 11.3 Å². The molecule has 1 amide bonds. The van der Waals surface area contributed by atoms with Crippen LogP contribution in [0.2, 0.25) is 5.02 Å². The van der Waals surface area contributed by atoms with Crippen LogP contribution >= 0.6 is 11.6 Å². The maximum Gasteiger partial charge on any atom is 0.266 e. The first-order chi connectivity index (χ1) is 12.6. The summed E-state index contributed by atoms with van der Waals surface area (Å²) in [6.07, 6.45) is 3.27. The molecular formula is C20H13ClN4O. The molecule has 0 saturated carbocycles. The van der Waals surface area contributed by atoms with Gasteiger partial charge in [-0.15, -0.1) is 0 Å². The van der Waals surface area contributed by atoms with Crippen LogP contribution in [0, 0.1) is 22.7 Å². The lowest BCUT2D eigenvalue weighted by atomic mass is 10.1. The first-order valence-electron chi connectivity index (χ1n) is 7.76. The molecule has 1 aromatic heterocycles. The molecule has 3 rings (SSSR count). The summed E-state index contributed by atoms with van der Waals surface area (Å²) in [5, 5.41) is 22.3. The molecule has 0 atom stereocenters. The number of amides is 1. The Morgan fingerprint density at radius 1 is 1.15 bits per heavy atom. The third-order valence-electron chi connectivity index (χ3n) is 3.85. The number of nitrogens with zero attached hydrogens (tertiary/aromatic N) is 3. The van der Waals surface area contributed by atoms with Gasteiger partial charge < -0.3 is 9.88 Å². The van der Waals surface area contributed by atoms with Crippen LogP contribution < -0.4 is 5.32 Å². The van der Waals surface area contributed by atoms with Crippen molar-refractivity contribution in [2.24, 2.45) is 0 Å². The van der Waals surface area contributed by atoms with Gasteiger partial charge in [-0.2, -0.15) is 10.5 Å². The Bertz CT molecular complexity index is 1100. The molecule has 0 saturated heterocycles. The SMILES string of the molecule is N#CCn1cc(/C=C(/C#N)C(=O)Nc2ccccc2Cl)c2ccccc21. The maximum atomic E-state index is 12.4. The third kappa shape index (κ3) is 3.44. The Kier molecular flexibility index (Phi) is 5.03. The van der Waals surface area contributed by atoms with E-state index in [1.165, 1.54) is 6.08 Å². The number of hydrogen-bond donors (Lipinski definition) is 1. The van der Waals surface area contributed by atoms with Crippen molar-refractivity contribution in [3.63, 3.8) is 0 Å². The van der Waals surface area contributed by atoms with Gasteiger partial charge in [0.05, 0.1) is 16.8 Å². The fourth-order valence-corrected chi connectivity index (χ4v) is 2.84. The number of benzene rings is 2. The van der Waals surface area contributed by atoms with E-state index in [0.29, 0.717) is 16.3 Å². The summed E-state index contributed by atoms with van der Waals surface area (Å²) in [6, 6.07) is 18.4. The Labute approximate surface area is 155 Å². The van der Waals surface area contributed by atoms with E-state index in [1.807, 2.05) is 30.3 Å². The molecule has 0 bridgehead atoms. The number of rotatable bonds is 4. The molecule has 6 heteroatoms. The van der Waals surface area contributed by atoms with Crippen LogP contribution in [-0.4, -0.2) is 10.5 Å². The highest BCUT2D eigenvalue weighted by Gasteiger charge is 2.13. The molecule has 0 radical (unpaired) electrons. The lowest BCUT2D eigenvalue weighted by Gasteiger charge is -2.05. The Hall–Kier alpha value is -3.54. The maximum absolute atomic E-state index is 12.4. The van der Waals surface area contributed by atoms with E-state index < -0.39 is 5.91 Å². The van der Waals surface area contributed by atoms with Crippen LogP contribution in [0.5, 0.6) is 0 Å². The first-order valence-corrected chi connectivity index (χ1v) is 8.14. The summed E-state index contributed by atoms with van der Waals surface area (Å²) in [5.41, 5.74) is 1.95. The van der Waals surface area contributed by atoms with Crippen molar-refractivity contribution in [3.05, 3.63) is 70.9 Å². The Morgan fingerprint density at radius 3 is 2.62 bits per heavy atom. The fourth-order valence-electron chi connectivity index (χ4n) is 2.65. The molecule has 0 spiro atoms. The lowest BCUT2D eigenvalue weighted by molar-refractivity contribution is -0.112. The van der Waals surface area contributed by atoms with Gasteiger partial charge in [-0.05, 0) is 24.3 Å². The summed E-state index contributed by atoms with van der Waals surface area (Å²) in [6.45, 7) is 0.183. The molecule has 2 aromatic carbocycles. The van der Waals surface area contributed by atoms with E-state index in [-0.39, 0.29) is 12.1 Å². The average molecular weight is 361 g/mol. The summed E-state index contributed by atoms with van der Waals surface area (Å²) in [7, 11) is 0. The number of anilines is 1. The highest BCUT2D eigenvalue weighted by Crippen LogP contribution is 2.25. The zero-order valence-corrected chi connectivity index (χ0v) is 14.4. The number of fused-ring (bicyclic) bond motifs is 1. The van der Waals surface area contributed by atoms with Crippen LogP contribution in [0.3, 0.4) is 0 Å². The molecule has 126 valence electrons. The molecule has 0 aliphatic heterocycles. The molecule has 5 nitrogen and oxygen atoms in total. The minimum absolute atomic E-state index is 0.0511. The van der Waals surface area contributed by atoms with Crippen molar-refractivity contribution in [2.75, 3.05) is 5.32 Å². The quantitative estimate of drug-likeness (QED) is 0.554. The van der Waals surface area contributed by atoms with E-state index in [9.17, 15) is 10.1 Å². The molecule has 3 aromatic rings. The number of hydrogen-bond acceptors (Lipinski definition) is 3. The van der Waals surface area contributed by atoms with Crippen molar-refractivity contribution < 1.29 is 4.79 Å². The van der Waals surface area contributed by atoms with Crippen molar-refractivity contribution in [2.45, 2.75) is 6.54 Å². The van der Waals surface area contributed by atoms with Crippen molar-refractivity contribution in [1.82, 2.24) is 4.57 Å². The molecule has 1 N–H and O–H groups in total. The van der Waals surface area contributed by atoms with Gasteiger partial charge in [0.2, 0.25) is 0 Å². The van der Waals surface area contributed by atoms with Crippen LogP contribution in [0.25, 0.3) is 17.0 Å². The number of halogens is 1. The summed E-state index contributed by atoms with van der Waals surface area (Å²) < 4.78 is 1.78. The molecule has 0 unspecified atom stereocenters. The molecule has 0 fully saturated rings. The minimum Gasteiger partial charge on any atom is -0.333 e. The lowest BCUT2D eigenvalue weighted by Crippen LogP contribution is -2.13. The average Bonchev–Trinajstić information content (AvgIpc) is 2.99. The number of nitrogens with one attached hydrogen (secondary N) is 1. The van der Waals surface area contributed by atoms with Gasteiger partial charge in [-0.3, -0.25) is 4.79 Å². The van der Waals surface area contributed by atoms with E-state index in [4.69, 9.17) is 16.9 Å². The molecular weight excluding hydrogens is 348 g/mol. The van der Waals surface area contributed by atoms with E-state index in [2.05, 4.69) is 11.4 Å². The normalized spacial score (nSPS) is 11.0. The fraction of sp³-hybridized carbons (Fsp3) is 0.0500. The third-order valence-corrected chi connectivity index (χ3v) is 4.18. The second-order valence-corrected chi connectivity index (χ2v) is 5.90. The Balaban J connectivity index is 1.98. The van der Waals surface area contributed by atoms with Crippen molar-refractivity contribution in [1.29, 1.82) is 10.5 Å². The van der Waals surface area contributed by atoms with Gasteiger partial charge >= 0.3 is 0 Å². The van der Waals surface area contributed by atoms with Crippen LogP contribution in [0.1, 0.15) is 5.56 Å². The smallest absolute Gasteiger partial charge is 0.266 e. The minimum atomic E-state index is -0.544. The summed E-state index contributed by atoms with van der Waals surface area (Å²) in [5.74, 6) is -0.544. The highest BCUT2D eigenvalue weighted by atomic mass is 35.5. The highest BCUT2D eigenvalue weighted by molar-refractivity contribution is 6.34. The van der Waals surface area contributed by atoms with E-state index in [0.717, 1.165) is 10.9 Å². The van der Waals surface area contributed by atoms with Gasteiger partial charge in [-0.25, -0.2) is 0 Å². The topological polar surface area (TPSA) is 81.6 Å². The molecule has 0 aliphatic rings. The first kappa shape index (κ1) is 17.3. The largest absolute Gasteiger partial charge is 0.333 e. The van der Waals surface area contributed by atoms with E-state index in [1.54, 1.807) is 35.0 Å². The predicted molar refractivity (Wildman–Crippen MR) is 101 cm³/mol. The molecule has 26 heavy (non-hydrogen) atoms. The van der Waals surface area contributed by atoms with Crippen molar-refractivity contribution >= 4 is 40.2 Å². The number of para-hydroxylation sites is 2. The van der Waals surface area contributed by atoms with Crippen molar-refractivity contribution in [3.8, 4) is 12.1 Å². The summed E-state index contributed by atoms with van der Waals surface area (Å²) in [4.78, 5) is 12.4. The van der Waals surface area contributed by atoms with Gasteiger partial charge in [-0.1, -0.05) is 41.9 Å². The van der Waals surface area contributed by atoms with Crippen LogP contribution in [0.4, 0.5) is 5.69 Å². The number of carbonyl (C=O) groups excluding carboxylic acids is 1. The van der Waals surface area contributed by atoms with E-state index >= 15 is 0 Å². The number of aromatic nitrogens is 1. The predicted octanol–water partition coefficient (Wildman–Crippen LogP) is 4.36. The molecule has 1 heterocycles. The second kappa shape index (κ2) is 7.57. The zero-order chi connectivity index (χ0) is 18.5. The van der Waals surface area contributed by atoms with Gasteiger partial charge in [0.25, 0.3) is 5.91 Å². The number of carbonyl (C=O) groups is 1. The molecule has 0 aliphatic carbocycles. The van der Waals surface area contributed by atoms with Gasteiger partial charge in [0, 0.05) is 22.7 Å². The number of nitriles is 2. The second-order valence-electron chi connectivity index (χ2n) is 5.49. The van der Waals surface area contributed by atoms with Gasteiger partial charge in [0.15, 0.2) is 0 Å². The zero-order valence-electron chi connectivity index (χ0n) is 13.6. The summed E-state index contributed by atoms with van der Waals surface area (Å²) >= 11 is 6.04. The monoisotopic (exact) mass is 360 g/mol. The standard InChI is InChI=1S/C20H13ClN4O/c21-17-6-2-3-7-18(17)24-20(26)14(12-23)11-15-13-25(10-9-22)19-8-4-1-5-16(15)19/h1-8,11,13H,10H2,(H,24,26)/b14-11-. The Morgan fingerprint density at radius 2 is 1.88 bits per heavy atom. The van der Waals surface area contributed by atoms with Gasteiger partial charge in [0.1, 0.15) is 18.2 Å². The van der Waals surface area contributed by atoms with Crippen LogP contribution in [0.15, 0.2) is 60.3 Å².